The normalized spacial score (nSPS) is 11.2. The van der Waals surface area contributed by atoms with Gasteiger partial charge < -0.3 is 15.2 Å². The first kappa shape index (κ1) is 17.7. The van der Waals surface area contributed by atoms with Crippen molar-refractivity contribution >= 4 is 49.2 Å². The molecule has 3 rings (SSSR count). The van der Waals surface area contributed by atoms with E-state index in [4.69, 9.17) is 0 Å². The Kier molecular flexibility index (Phi) is 4.98. The van der Waals surface area contributed by atoms with Gasteiger partial charge in [0, 0.05) is 10.7 Å². The number of aryl methyl sites for hydroxylation is 1. The average molecular weight is 422 g/mol. The first-order valence-electron chi connectivity index (χ1n) is 7.45. The van der Waals surface area contributed by atoms with Crippen LogP contribution >= 0.6 is 27.3 Å². The number of hydrogen-bond donors (Lipinski definition) is 2. The van der Waals surface area contributed by atoms with Gasteiger partial charge in [0.25, 0.3) is 11.5 Å². The monoisotopic (exact) mass is 421 g/mol. The Morgan fingerprint density at radius 1 is 1.40 bits per heavy atom. The zero-order valence-electron chi connectivity index (χ0n) is 13.9. The molecule has 3 heterocycles. The van der Waals surface area contributed by atoms with E-state index in [-0.39, 0.29) is 11.5 Å². The van der Waals surface area contributed by atoms with Gasteiger partial charge in [-0.05, 0) is 54.6 Å². The van der Waals surface area contributed by atoms with Gasteiger partial charge in [0.1, 0.15) is 16.5 Å². The lowest BCUT2D eigenvalue weighted by Crippen LogP contribution is -2.18. The van der Waals surface area contributed by atoms with Crippen LogP contribution in [0, 0.1) is 6.92 Å². The molecule has 3 aromatic heterocycles. The van der Waals surface area contributed by atoms with Gasteiger partial charge in [-0.3, -0.25) is 9.59 Å². The quantitative estimate of drug-likeness (QED) is 0.675. The topological polar surface area (TPSA) is 91.0 Å². The summed E-state index contributed by atoms with van der Waals surface area (Å²) in [7, 11) is 3.79. The summed E-state index contributed by atoms with van der Waals surface area (Å²) in [5.41, 5.74) is 0.399. The van der Waals surface area contributed by atoms with Crippen LogP contribution in [-0.2, 0) is 6.54 Å². The van der Waals surface area contributed by atoms with E-state index in [2.05, 4.69) is 36.2 Å². The van der Waals surface area contributed by atoms with E-state index in [0.717, 1.165) is 4.47 Å². The maximum absolute atomic E-state index is 12.6. The number of anilines is 1. The highest BCUT2D eigenvalue weighted by Crippen LogP contribution is 2.27. The highest BCUT2D eigenvalue weighted by Gasteiger charge is 2.19. The molecule has 25 heavy (non-hydrogen) atoms. The number of pyridine rings is 1. The van der Waals surface area contributed by atoms with E-state index >= 15 is 0 Å². The highest BCUT2D eigenvalue weighted by atomic mass is 79.9. The Morgan fingerprint density at radius 3 is 2.80 bits per heavy atom. The third kappa shape index (κ3) is 3.78. The Bertz CT molecular complexity index is 994. The molecule has 0 bridgehead atoms. The largest absolute Gasteiger partial charge is 0.309 e. The highest BCUT2D eigenvalue weighted by molar-refractivity contribution is 9.10. The van der Waals surface area contributed by atoms with Crippen molar-refractivity contribution in [2.24, 2.45) is 0 Å². The zero-order valence-corrected chi connectivity index (χ0v) is 16.3. The SMILES string of the molecule is Cc1c(C(=O)Nc2ccc(Br)cn2)sc2nc(CN(C)C)[nH]c(=O)c12. The number of fused-ring (bicyclic) bond motifs is 1. The predicted molar refractivity (Wildman–Crippen MR) is 102 cm³/mol. The predicted octanol–water partition coefficient (Wildman–Crippen LogP) is 2.76. The standard InChI is InChI=1S/C16H16BrN5O2S/c1-8-12-14(23)20-11(7-22(2)3)21-16(12)25-13(8)15(24)19-10-5-4-9(17)6-18-10/h4-6H,7H2,1-3H3,(H,18,19,24)(H,20,21,23). The molecule has 1 amide bonds. The number of nitrogens with one attached hydrogen (secondary N) is 2. The van der Waals surface area contributed by atoms with Crippen LogP contribution in [0.25, 0.3) is 10.2 Å². The second kappa shape index (κ2) is 7.03. The number of hydrogen-bond acceptors (Lipinski definition) is 6. The van der Waals surface area contributed by atoms with Crippen LogP contribution in [0.5, 0.6) is 0 Å². The summed E-state index contributed by atoms with van der Waals surface area (Å²) in [6, 6.07) is 3.49. The fourth-order valence-corrected chi connectivity index (χ4v) is 3.73. The number of aromatic amines is 1. The first-order valence-corrected chi connectivity index (χ1v) is 9.06. The van der Waals surface area contributed by atoms with E-state index in [1.165, 1.54) is 11.3 Å². The molecule has 0 aliphatic heterocycles. The minimum atomic E-state index is -0.302. The van der Waals surface area contributed by atoms with Gasteiger partial charge in [0.2, 0.25) is 0 Å². The van der Waals surface area contributed by atoms with E-state index in [0.29, 0.717) is 38.8 Å². The molecule has 0 aliphatic rings. The van der Waals surface area contributed by atoms with Gasteiger partial charge in [0.15, 0.2) is 0 Å². The second-order valence-electron chi connectivity index (χ2n) is 5.80. The van der Waals surface area contributed by atoms with Gasteiger partial charge in [-0.15, -0.1) is 11.3 Å². The first-order chi connectivity index (χ1) is 11.8. The zero-order chi connectivity index (χ0) is 18.1. The summed E-state index contributed by atoms with van der Waals surface area (Å²) in [6.45, 7) is 2.28. The van der Waals surface area contributed by atoms with Crippen LogP contribution in [-0.4, -0.2) is 39.9 Å². The van der Waals surface area contributed by atoms with Crippen molar-refractivity contribution in [2.75, 3.05) is 19.4 Å². The average Bonchev–Trinajstić information content (AvgIpc) is 2.86. The fourth-order valence-electron chi connectivity index (χ4n) is 2.40. The summed E-state index contributed by atoms with van der Waals surface area (Å²) in [5.74, 6) is 0.717. The minimum absolute atomic E-state index is 0.226. The van der Waals surface area contributed by atoms with E-state index in [1.54, 1.807) is 25.3 Å². The summed E-state index contributed by atoms with van der Waals surface area (Å²) in [4.78, 5) is 39.3. The van der Waals surface area contributed by atoms with Crippen molar-refractivity contribution < 1.29 is 4.79 Å². The molecule has 130 valence electrons. The molecule has 0 spiro atoms. The van der Waals surface area contributed by atoms with E-state index in [9.17, 15) is 9.59 Å². The summed E-state index contributed by atoms with van der Waals surface area (Å²) >= 11 is 4.51. The molecule has 0 radical (unpaired) electrons. The lowest BCUT2D eigenvalue weighted by Gasteiger charge is -2.07. The van der Waals surface area contributed by atoms with Crippen LogP contribution in [0.1, 0.15) is 21.1 Å². The van der Waals surface area contributed by atoms with Gasteiger partial charge >= 0.3 is 0 Å². The van der Waals surface area contributed by atoms with Crippen molar-refractivity contribution in [3.8, 4) is 0 Å². The van der Waals surface area contributed by atoms with Crippen LogP contribution in [0.2, 0.25) is 0 Å². The third-order valence-electron chi connectivity index (χ3n) is 3.49. The van der Waals surface area contributed by atoms with Crippen molar-refractivity contribution in [3.63, 3.8) is 0 Å². The molecule has 0 fully saturated rings. The molecule has 9 heteroatoms. The Hall–Kier alpha value is -2.10. The van der Waals surface area contributed by atoms with Crippen LogP contribution in [0.15, 0.2) is 27.6 Å². The van der Waals surface area contributed by atoms with Crippen molar-refractivity contribution in [2.45, 2.75) is 13.5 Å². The third-order valence-corrected chi connectivity index (χ3v) is 5.14. The number of amides is 1. The lowest BCUT2D eigenvalue weighted by atomic mass is 10.2. The maximum atomic E-state index is 12.6. The Balaban J connectivity index is 1.97. The molecule has 0 unspecified atom stereocenters. The summed E-state index contributed by atoms with van der Waals surface area (Å²) in [5, 5.41) is 3.20. The minimum Gasteiger partial charge on any atom is -0.309 e. The molecular formula is C16H16BrN5O2S. The van der Waals surface area contributed by atoms with Crippen LogP contribution < -0.4 is 10.9 Å². The van der Waals surface area contributed by atoms with Gasteiger partial charge in [-0.1, -0.05) is 0 Å². The molecule has 0 atom stereocenters. The molecular weight excluding hydrogens is 406 g/mol. The van der Waals surface area contributed by atoms with Crippen LogP contribution in [0.3, 0.4) is 0 Å². The Labute approximate surface area is 156 Å². The molecule has 0 aliphatic carbocycles. The number of carbonyl (C=O) groups is 1. The number of halogens is 1. The van der Waals surface area contributed by atoms with Crippen molar-refractivity contribution in [3.05, 3.63) is 49.4 Å². The van der Waals surface area contributed by atoms with Crippen molar-refractivity contribution in [1.29, 1.82) is 0 Å². The fraction of sp³-hybridized carbons (Fsp3) is 0.250. The maximum Gasteiger partial charge on any atom is 0.267 e. The van der Waals surface area contributed by atoms with Gasteiger partial charge in [0.05, 0.1) is 16.8 Å². The smallest absolute Gasteiger partial charge is 0.267 e. The molecule has 0 aromatic carbocycles. The number of rotatable bonds is 4. The summed E-state index contributed by atoms with van der Waals surface area (Å²) < 4.78 is 0.827. The number of aromatic nitrogens is 3. The van der Waals surface area contributed by atoms with E-state index in [1.807, 2.05) is 19.0 Å². The Morgan fingerprint density at radius 2 is 2.16 bits per heavy atom. The van der Waals surface area contributed by atoms with Crippen molar-refractivity contribution in [1.82, 2.24) is 19.9 Å². The molecule has 0 saturated heterocycles. The molecule has 0 saturated carbocycles. The second-order valence-corrected chi connectivity index (χ2v) is 7.72. The number of H-pyrrole nitrogens is 1. The number of thiophene rings is 1. The van der Waals surface area contributed by atoms with Gasteiger partial charge in [-0.2, -0.15) is 0 Å². The number of nitrogens with zero attached hydrogens (tertiary/aromatic N) is 3. The van der Waals surface area contributed by atoms with E-state index < -0.39 is 0 Å². The lowest BCUT2D eigenvalue weighted by molar-refractivity contribution is 0.102. The summed E-state index contributed by atoms with van der Waals surface area (Å²) in [6.07, 6.45) is 1.60. The van der Waals surface area contributed by atoms with Crippen LogP contribution in [0.4, 0.5) is 5.82 Å². The van der Waals surface area contributed by atoms with Gasteiger partial charge in [-0.25, -0.2) is 9.97 Å². The number of carbonyl (C=O) groups excluding carboxylic acids is 1. The molecule has 3 aromatic rings. The molecule has 2 N–H and O–H groups in total. The molecule has 7 nitrogen and oxygen atoms in total.